The van der Waals surface area contributed by atoms with Crippen LogP contribution in [0.1, 0.15) is 97.9 Å². The van der Waals surface area contributed by atoms with E-state index in [0.29, 0.717) is 32.2 Å². The van der Waals surface area contributed by atoms with Gasteiger partial charge in [-0.05, 0) is 68.2 Å². The molecule has 0 bridgehead atoms. The molecule has 1 aromatic rings. The molecule has 12 heteroatoms. The van der Waals surface area contributed by atoms with Gasteiger partial charge in [0, 0.05) is 12.1 Å². The lowest BCUT2D eigenvalue weighted by atomic mass is 9.95. The average molecular weight is 634 g/mol. The van der Waals surface area contributed by atoms with Gasteiger partial charge in [-0.1, -0.05) is 54.9 Å². The molecular weight excluding hydrogens is 578 g/mol. The van der Waals surface area contributed by atoms with Crippen molar-refractivity contribution < 1.29 is 34.2 Å². The van der Waals surface area contributed by atoms with E-state index >= 15 is 0 Å². The Balaban J connectivity index is 3.04. The molecule has 1 rings (SSSR count). The summed E-state index contributed by atoms with van der Waals surface area (Å²) in [5.41, 5.74) is 0.275. The number of aliphatic hydroxyl groups is 1. The van der Waals surface area contributed by atoms with Gasteiger partial charge in [0.15, 0.2) is 0 Å². The van der Waals surface area contributed by atoms with Gasteiger partial charge in [-0.2, -0.15) is 0 Å². The van der Waals surface area contributed by atoms with E-state index < -0.39 is 53.9 Å². The Bertz CT molecular complexity index is 1110. The minimum atomic E-state index is -1.24. The molecular formula is C33H55N5O7. The predicted octanol–water partition coefficient (Wildman–Crippen LogP) is 2.38. The van der Waals surface area contributed by atoms with Crippen LogP contribution in [0.25, 0.3) is 0 Å². The third-order valence-electron chi connectivity index (χ3n) is 7.20. The number of amides is 5. The SMILES string of the molecule is CCC[C@H](NC(=O)[C@H](CC(C)C)NC(=O)c1ccc(O)cc1)C(=O)N[C@@H](CC(C)C)[C@@H](O)CC(=O)N[C@H](C(=O)NCC)C(C)C. The zero-order valence-electron chi connectivity index (χ0n) is 28.1. The van der Waals surface area contributed by atoms with Crippen LogP contribution in [0.4, 0.5) is 0 Å². The number of benzene rings is 1. The molecule has 0 radical (unpaired) electrons. The number of nitrogens with one attached hydrogen (secondary N) is 5. The lowest BCUT2D eigenvalue weighted by Crippen LogP contribution is -2.57. The second-order valence-corrected chi connectivity index (χ2v) is 12.8. The number of aliphatic hydroxyl groups excluding tert-OH is 1. The van der Waals surface area contributed by atoms with Crippen LogP contribution in [0.5, 0.6) is 5.75 Å². The molecule has 0 heterocycles. The topological polar surface area (TPSA) is 186 Å². The van der Waals surface area contributed by atoms with Crippen LogP contribution in [0.2, 0.25) is 0 Å². The smallest absolute Gasteiger partial charge is 0.251 e. The molecule has 0 unspecified atom stereocenters. The Kier molecular flexibility index (Phi) is 17.2. The van der Waals surface area contributed by atoms with E-state index in [1.807, 2.05) is 48.5 Å². The Hall–Kier alpha value is -3.67. The van der Waals surface area contributed by atoms with Crippen LogP contribution in [0.15, 0.2) is 24.3 Å². The van der Waals surface area contributed by atoms with Crippen molar-refractivity contribution in [1.82, 2.24) is 26.6 Å². The summed E-state index contributed by atoms with van der Waals surface area (Å²) in [7, 11) is 0. The molecule has 0 aliphatic carbocycles. The van der Waals surface area contributed by atoms with Crippen molar-refractivity contribution in [3.05, 3.63) is 29.8 Å². The zero-order valence-corrected chi connectivity index (χ0v) is 28.1. The fraction of sp³-hybridized carbons (Fsp3) is 0.667. The minimum Gasteiger partial charge on any atom is -0.508 e. The predicted molar refractivity (Wildman–Crippen MR) is 173 cm³/mol. The van der Waals surface area contributed by atoms with Crippen molar-refractivity contribution >= 4 is 29.5 Å². The molecule has 0 saturated carbocycles. The molecule has 5 amide bonds. The highest BCUT2D eigenvalue weighted by Crippen LogP contribution is 2.15. The summed E-state index contributed by atoms with van der Waals surface area (Å²) in [5, 5.41) is 34.3. The van der Waals surface area contributed by atoms with Crippen molar-refractivity contribution in [2.75, 3.05) is 6.54 Å². The Morgan fingerprint density at radius 1 is 0.733 bits per heavy atom. The lowest BCUT2D eigenvalue weighted by molar-refractivity contribution is -0.132. The first-order chi connectivity index (χ1) is 21.1. The quantitative estimate of drug-likeness (QED) is 0.122. The van der Waals surface area contributed by atoms with Crippen LogP contribution >= 0.6 is 0 Å². The monoisotopic (exact) mass is 633 g/mol. The third kappa shape index (κ3) is 14.3. The standard InChI is InChI=1S/C33H55N5O7/c1-9-11-24(35-32(44)26(17-20(5)6)37-30(42)22-12-14-23(39)15-13-22)31(43)36-25(16-19(3)4)27(40)18-28(41)38-29(21(7)8)33(45)34-10-2/h12-15,19-21,24-27,29,39-40H,9-11,16-18H2,1-8H3,(H,34,45)(H,35,44)(H,36,43)(H,37,42)(H,38,41)/t24-,25-,26-,27-,29-/m0/s1. The van der Waals surface area contributed by atoms with E-state index in [2.05, 4.69) is 26.6 Å². The molecule has 1 aromatic carbocycles. The largest absolute Gasteiger partial charge is 0.508 e. The number of carbonyl (C=O) groups is 5. The van der Waals surface area contributed by atoms with E-state index in [9.17, 15) is 34.2 Å². The van der Waals surface area contributed by atoms with Gasteiger partial charge in [-0.15, -0.1) is 0 Å². The summed E-state index contributed by atoms with van der Waals surface area (Å²) in [6, 6.07) is 2.25. The highest BCUT2D eigenvalue weighted by molar-refractivity contribution is 5.98. The second kappa shape index (κ2) is 19.7. The first-order valence-corrected chi connectivity index (χ1v) is 16.0. The summed E-state index contributed by atoms with van der Waals surface area (Å²) in [6.07, 6.45) is 0.0117. The highest BCUT2D eigenvalue weighted by Gasteiger charge is 2.32. The van der Waals surface area contributed by atoms with Crippen LogP contribution < -0.4 is 26.6 Å². The fourth-order valence-corrected chi connectivity index (χ4v) is 4.87. The molecule has 0 aliphatic rings. The molecule has 0 saturated heterocycles. The van der Waals surface area contributed by atoms with Crippen LogP contribution in [0, 0.1) is 17.8 Å². The summed E-state index contributed by atoms with van der Waals surface area (Å²) >= 11 is 0. The highest BCUT2D eigenvalue weighted by atomic mass is 16.3. The van der Waals surface area contributed by atoms with Gasteiger partial charge >= 0.3 is 0 Å². The number of hydrogen-bond acceptors (Lipinski definition) is 7. The van der Waals surface area contributed by atoms with Gasteiger partial charge in [0.2, 0.25) is 23.6 Å². The number of phenols is 1. The van der Waals surface area contributed by atoms with E-state index in [4.69, 9.17) is 0 Å². The number of rotatable bonds is 19. The molecule has 0 spiro atoms. The molecule has 254 valence electrons. The summed E-state index contributed by atoms with van der Waals surface area (Å²) < 4.78 is 0. The van der Waals surface area contributed by atoms with Crippen molar-refractivity contribution in [3.8, 4) is 5.75 Å². The van der Waals surface area contributed by atoms with Crippen molar-refractivity contribution in [3.63, 3.8) is 0 Å². The Morgan fingerprint density at radius 2 is 1.31 bits per heavy atom. The van der Waals surface area contributed by atoms with Crippen molar-refractivity contribution in [2.45, 2.75) is 118 Å². The molecule has 45 heavy (non-hydrogen) atoms. The number of likely N-dealkylation sites (N-methyl/N-ethyl adjacent to an activating group) is 1. The lowest BCUT2D eigenvalue weighted by Gasteiger charge is -2.29. The van der Waals surface area contributed by atoms with Crippen molar-refractivity contribution in [1.29, 1.82) is 0 Å². The van der Waals surface area contributed by atoms with E-state index in [1.165, 1.54) is 24.3 Å². The molecule has 5 atom stereocenters. The Morgan fingerprint density at radius 3 is 1.82 bits per heavy atom. The maximum atomic E-state index is 13.5. The average Bonchev–Trinajstić information content (AvgIpc) is 2.94. The first-order valence-electron chi connectivity index (χ1n) is 16.0. The molecule has 0 aromatic heterocycles. The maximum Gasteiger partial charge on any atom is 0.251 e. The van der Waals surface area contributed by atoms with Gasteiger partial charge in [-0.3, -0.25) is 24.0 Å². The van der Waals surface area contributed by atoms with Crippen LogP contribution in [-0.4, -0.2) is 76.6 Å². The molecule has 0 fully saturated rings. The Labute approximate surface area is 267 Å². The van der Waals surface area contributed by atoms with Gasteiger partial charge in [-0.25, -0.2) is 0 Å². The van der Waals surface area contributed by atoms with E-state index in [1.54, 1.807) is 6.92 Å². The number of hydrogen-bond donors (Lipinski definition) is 7. The third-order valence-corrected chi connectivity index (χ3v) is 7.20. The second-order valence-electron chi connectivity index (χ2n) is 12.8. The summed E-state index contributed by atoms with van der Waals surface area (Å²) in [6.45, 7) is 15.4. The summed E-state index contributed by atoms with van der Waals surface area (Å²) in [4.78, 5) is 65.0. The molecule has 0 aliphatic heterocycles. The van der Waals surface area contributed by atoms with Gasteiger partial charge in [0.05, 0.1) is 18.6 Å². The zero-order chi connectivity index (χ0) is 34.3. The molecule has 12 nitrogen and oxygen atoms in total. The maximum absolute atomic E-state index is 13.5. The molecule has 7 N–H and O–H groups in total. The van der Waals surface area contributed by atoms with E-state index in [0.717, 1.165) is 0 Å². The van der Waals surface area contributed by atoms with Gasteiger partial charge < -0.3 is 36.8 Å². The van der Waals surface area contributed by atoms with E-state index in [-0.39, 0.29) is 41.4 Å². The number of carbonyl (C=O) groups excluding carboxylic acids is 5. The normalized spacial score (nSPS) is 14.7. The fourth-order valence-electron chi connectivity index (χ4n) is 4.87. The summed E-state index contributed by atoms with van der Waals surface area (Å²) in [5.74, 6) is -2.39. The first kappa shape index (κ1) is 39.4. The van der Waals surface area contributed by atoms with Crippen LogP contribution in [-0.2, 0) is 19.2 Å². The number of phenolic OH excluding ortho intramolecular Hbond substituents is 1. The van der Waals surface area contributed by atoms with Gasteiger partial charge in [0.25, 0.3) is 5.91 Å². The minimum absolute atomic E-state index is 0.0112. The van der Waals surface area contributed by atoms with Gasteiger partial charge in [0.1, 0.15) is 23.9 Å². The number of aromatic hydroxyl groups is 1. The van der Waals surface area contributed by atoms with Crippen molar-refractivity contribution in [2.24, 2.45) is 17.8 Å². The van der Waals surface area contributed by atoms with Crippen LogP contribution in [0.3, 0.4) is 0 Å².